The zero-order valence-corrected chi connectivity index (χ0v) is 11.7. The third kappa shape index (κ3) is 1.96. The number of halogens is 1. The zero-order valence-electron chi connectivity index (χ0n) is 10.9. The summed E-state index contributed by atoms with van der Waals surface area (Å²) in [6.45, 7) is 2.19. The van der Waals surface area contributed by atoms with Crippen molar-refractivity contribution in [3.8, 4) is 0 Å². The molecule has 0 spiro atoms. The monoisotopic (exact) mass is 275 g/mol. The lowest BCUT2D eigenvalue weighted by Gasteiger charge is -2.23. The van der Waals surface area contributed by atoms with Crippen LogP contribution >= 0.6 is 11.6 Å². The number of nitrogens with one attached hydrogen (secondary N) is 1. The first-order chi connectivity index (χ1) is 9.34. The van der Waals surface area contributed by atoms with Gasteiger partial charge in [-0.3, -0.25) is 0 Å². The van der Waals surface area contributed by atoms with Crippen LogP contribution in [0, 0.1) is 0 Å². The van der Waals surface area contributed by atoms with Gasteiger partial charge in [0, 0.05) is 18.5 Å². The third-order valence-corrected chi connectivity index (χ3v) is 4.57. The van der Waals surface area contributed by atoms with Crippen molar-refractivity contribution >= 4 is 22.6 Å². The number of rotatable bonds is 2. The van der Waals surface area contributed by atoms with Crippen molar-refractivity contribution in [2.24, 2.45) is 0 Å². The largest absolute Gasteiger partial charge is 0.323 e. The van der Waals surface area contributed by atoms with Gasteiger partial charge in [0.15, 0.2) is 0 Å². The van der Waals surface area contributed by atoms with Crippen molar-refractivity contribution < 1.29 is 0 Å². The van der Waals surface area contributed by atoms with Crippen LogP contribution in [-0.2, 0) is 0 Å². The van der Waals surface area contributed by atoms with E-state index in [0.29, 0.717) is 12.0 Å². The highest BCUT2D eigenvalue weighted by atomic mass is 35.5. The van der Waals surface area contributed by atoms with Gasteiger partial charge in [-0.1, -0.05) is 17.7 Å². The van der Waals surface area contributed by atoms with Crippen LogP contribution in [0.3, 0.4) is 0 Å². The number of para-hydroxylation sites is 1. The lowest BCUT2D eigenvalue weighted by Crippen LogP contribution is -2.30. The molecule has 1 saturated carbocycles. The molecule has 19 heavy (non-hydrogen) atoms. The number of nitrogens with zero attached hydrogens (tertiary/aromatic N) is 2. The quantitative estimate of drug-likeness (QED) is 0.909. The number of hydrogen-bond donors (Lipinski definition) is 1. The summed E-state index contributed by atoms with van der Waals surface area (Å²) in [6, 6.07) is 6.69. The molecule has 0 bridgehead atoms. The van der Waals surface area contributed by atoms with Crippen LogP contribution in [0.5, 0.6) is 0 Å². The fraction of sp³-hybridized carbons (Fsp3) is 0.533. The molecule has 1 atom stereocenters. The summed E-state index contributed by atoms with van der Waals surface area (Å²) in [5.74, 6) is 1.79. The Morgan fingerprint density at radius 1 is 1.26 bits per heavy atom. The molecule has 1 unspecified atom stereocenters. The molecule has 4 heteroatoms. The van der Waals surface area contributed by atoms with Gasteiger partial charge >= 0.3 is 0 Å². The Morgan fingerprint density at radius 2 is 2.16 bits per heavy atom. The Kier molecular flexibility index (Phi) is 2.78. The first-order valence-corrected chi connectivity index (χ1v) is 7.59. The van der Waals surface area contributed by atoms with E-state index < -0.39 is 0 Å². The number of aromatic nitrogens is 2. The van der Waals surface area contributed by atoms with Crippen LogP contribution in [0.4, 0.5) is 0 Å². The molecule has 1 aliphatic carbocycles. The van der Waals surface area contributed by atoms with Crippen molar-refractivity contribution in [2.45, 2.75) is 37.6 Å². The van der Waals surface area contributed by atoms with Gasteiger partial charge in [0.05, 0.1) is 16.1 Å². The summed E-state index contributed by atoms with van der Waals surface area (Å²) < 4.78 is 2.43. The van der Waals surface area contributed by atoms with E-state index in [1.54, 1.807) is 0 Å². The van der Waals surface area contributed by atoms with E-state index in [4.69, 9.17) is 16.6 Å². The SMILES string of the molecule is Clc1cccc2nc(C3CCCNC3)n(C3CC3)c12. The van der Waals surface area contributed by atoms with Gasteiger partial charge in [-0.15, -0.1) is 0 Å². The molecule has 1 aromatic heterocycles. The maximum atomic E-state index is 6.41. The molecule has 1 aliphatic heterocycles. The molecule has 2 fully saturated rings. The van der Waals surface area contributed by atoms with Gasteiger partial charge in [0.25, 0.3) is 0 Å². The summed E-state index contributed by atoms with van der Waals surface area (Å²) in [4.78, 5) is 4.90. The molecule has 2 aliphatic rings. The molecule has 1 N–H and O–H groups in total. The number of benzene rings is 1. The van der Waals surface area contributed by atoms with E-state index in [0.717, 1.165) is 29.1 Å². The number of hydrogen-bond acceptors (Lipinski definition) is 2. The highest BCUT2D eigenvalue weighted by molar-refractivity contribution is 6.35. The Morgan fingerprint density at radius 3 is 2.89 bits per heavy atom. The first-order valence-electron chi connectivity index (χ1n) is 7.21. The van der Waals surface area contributed by atoms with Crippen molar-refractivity contribution in [2.75, 3.05) is 13.1 Å². The standard InChI is InChI=1S/C15H18ClN3/c16-12-4-1-5-13-14(12)19(11-6-7-11)15(18-13)10-3-2-8-17-9-10/h1,4-5,10-11,17H,2-3,6-9H2. The molecular formula is C15H18ClN3. The predicted octanol–water partition coefficient (Wildman–Crippen LogP) is 3.49. The van der Waals surface area contributed by atoms with E-state index in [1.807, 2.05) is 12.1 Å². The summed E-state index contributed by atoms with van der Waals surface area (Å²) in [6.07, 6.45) is 5.01. The van der Waals surface area contributed by atoms with E-state index in [2.05, 4.69) is 16.0 Å². The van der Waals surface area contributed by atoms with Crippen LogP contribution in [-0.4, -0.2) is 22.6 Å². The normalized spacial score (nSPS) is 23.9. The Bertz CT molecular complexity index is 609. The Labute approximate surface area is 118 Å². The average Bonchev–Trinajstić information content (AvgIpc) is 3.20. The van der Waals surface area contributed by atoms with Crippen LogP contribution in [0.15, 0.2) is 18.2 Å². The molecule has 3 nitrogen and oxygen atoms in total. The Hall–Kier alpha value is -1.06. The number of piperidine rings is 1. The number of imidazole rings is 1. The van der Waals surface area contributed by atoms with Crippen LogP contribution < -0.4 is 5.32 Å². The van der Waals surface area contributed by atoms with E-state index in [9.17, 15) is 0 Å². The minimum atomic E-state index is 0.540. The Balaban J connectivity index is 1.89. The van der Waals surface area contributed by atoms with Gasteiger partial charge in [0.1, 0.15) is 5.82 Å². The maximum Gasteiger partial charge on any atom is 0.114 e. The zero-order chi connectivity index (χ0) is 12.8. The second-order valence-corrected chi connectivity index (χ2v) is 6.13. The highest BCUT2D eigenvalue weighted by Gasteiger charge is 2.32. The minimum Gasteiger partial charge on any atom is -0.323 e. The number of fused-ring (bicyclic) bond motifs is 1. The minimum absolute atomic E-state index is 0.540. The summed E-state index contributed by atoms with van der Waals surface area (Å²) in [5.41, 5.74) is 2.20. The van der Waals surface area contributed by atoms with Crippen molar-refractivity contribution in [1.82, 2.24) is 14.9 Å². The average molecular weight is 276 g/mol. The molecule has 100 valence electrons. The highest BCUT2D eigenvalue weighted by Crippen LogP contribution is 2.42. The smallest absolute Gasteiger partial charge is 0.114 e. The van der Waals surface area contributed by atoms with Crippen LogP contribution in [0.25, 0.3) is 11.0 Å². The second kappa shape index (κ2) is 4.50. The van der Waals surface area contributed by atoms with E-state index in [-0.39, 0.29) is 0 Å². The summed E-state index contributed by atoms with van der Waals surface area (Å²) >= 11 is 6.41. The van der Waals surface area contributed by atoms with Gasteiger partial charge in [-0.25, -0.2) is 4.98 Å². The van der Waals surface area contributed by atoms with Crippen molar-refractivity contribution in [3.05, 3.63) is 29.0 Å². The van der Waals surface area contributed by atoms with Crippen molar-refractivity contribution in [3.63, 3.8) is 0 Å². The summed E-state index contributed by atoms with van der Waals surface area (Å²) in [5, 5.41) is 4.33. The lowest BCUT2D eigenvalue weighted by molar-refractivity contribution is 0.435. The second-order valence-electron chi connectivity index (χ2n) is 5.72. The lowest BCUT2D eigenvalue weighted by atomic mass is 9.99. The van der Waals surface area contributed by atoms with Gasteiger partial charge in [-0.2, -0.15) is 0 Å². The van der Waals surface area contributed by atoms with E-state index in [1.165, 1.54) is 31.5 Å². The third-order valence-electron chi connectivity index (χ3n) is 4.26. The van der Waals surface area contributed by atoms with Crippen LogP contribution in [0.2, 0.25) is 5.02 Å². The summed E-state index contributed by atoms with van der Waals surface area (Å²) in [7, 11) is 0. The van der Waals surface area contributed by atoms with E-state index >= 15 is 0 Å². The molecule has 0 radical (unpaired) electrons. The molecule has 1 aromatic carbocycles. The maximum absolute atomic E-state index is 6.41. The topological polar surface area (TPSA) is 29.9 Å². The molecule has 2 heterocycles. The molecule has 2 aromatic rings. The molecular weight excluding hydrogens is 258 g/mol. The van der Waals surface area contributed by atoms with Gasteiger partial charge in [-0.05, 0) is 44.4 Å². The predicted molar refractivity (Wildman–Crippen MR) is 77.9 cm³/mol. The molecule has 4 rings (SSSR count). The first kappa shape index (κ1) is 11.7. The van der Waals surface area contributed by atoms with Gasteiger partial charge < -0.3 is 9.88 Å². The fourth-order valence-corrected chi connectivity index (χ4v) is 3.45. The molecule has 1 saturated heterocycles. The van der Waals surface area contributed by atoms with Crippen molar-refractivity contribution in [1.29, 1.82) is 0 Å². The molecule has 0 amide bonds. The van der Waals surface area contributed by atoms with Crippen LogP contribution in [0.1, 0.15) is 43.5 Å². The van der Waals surface area contributed by atoms with Gasteiger partial charge in [0.2, 0.25) is 0 Å². The fourth-order valence-electron chi connectivity index (χ4n) is 3.19.